The lowest BCUT2D eigenvalue weighted by molar-refractivity contribution is -0.903. The summed E-state index contributed by atoms with van der Waals surface area (Å²) in [5.41, 5.74) is 1.38. The van der Waals surface area contributed by atoms with Gasteiger partial charge < -0.3 is 23.4 Å². The number of benzene rings is 1. The fourth-order valence-electron chi connectivity index (χ4n) is 2.44. The van der Waals surface area contributed by atoms with Crippen molar-refractivity contribution in [2.24, 2.45) is 0 Å². The van der Waals surface area contributed by atoms with Crippen molar-refractivity contribution < 1.29 is 23.4 Å². The van der Waals surface area contributed by atoms with Crippen LogP contribution in [0.1, 0.15) is 12.0 Å². The average molecular weight is 340 g/mol. The summed E-state index contributed by atoms with van der Waals surface area (Å²) in [6.07, 6.45) is 1.06. The van der Waals surface area contributed by atoms with Crippen molar-refractivity contribution in [2.75, 3.05) is 74.0 Å². The van der Waals surface area contributed by atoms with Crippen molar-refractivity contribution in [3.63, 3.8) is 0 Å². The first-order valence-corrected chi connectivity index (χ1v) is 8.72. The standard InChI is InChI=1S/C19H34NO4/c1-20(2,18-19-8-5-4-6-9-19)10-7-11-22-14-15-24-17-16-23-13-12-21-3/h4-6,8-9H,7,10-18H2,1-3H3/q+1. The Bertz CT molecular complexity index is 398. The Morgan fingerprint density at radius 2 is 1.29 bits per heavy atom. The minimum atomic E-state index is 0.605. The van der Waals surface area contributed by atoms with Crippen LogP contribution in [0.3, 0.4) is 0 Å². The van der Waals surface area contributed by atoms with Crippen LogP contribution in [0, 0.1) is 0 Å². The van der Waals surface area contributed by atoms with Crippen molar-refractivity contribution in [3.05, 3.63) is 35.9 Å². The van der Waals surface area contributed by atoms with Gasteiger partial charge in [0.2, 0.25) is 0 Å². The van der Waals surface area contributed by atoms with Crippen molar-refractivity contribution in [1.82, 2.24) is 0 Å². The minimum Gasteiger partial charge on any atom is -0.382 e. The van der Waals surface area contributed by atoms with Gasteiger partial charge in [-0.15, -0.1) is 0 Å². The predicted molar refractivity (Wildman–Crippen MR) is 96.1 cm³/mol. The van der Waals surface area contributed by atoms with Crippen LogP contribution in [-0.2, 0) is 25.5 Å². The number of ether oxygens (including phenoxy) is 4. The molecule has 5 heteroatoms. The van der Waals surface area contributed by atoms with Crippen molar-refractivity contribution >= 4 is 0 Å². The van der Waals surface area contributed by atoms with Gasteiger partial charge in [0.15, 0.2) is 0 Å². The molecule has 0 aliphatic heterocycles. The molecule has 0 saturated heterocycles. The molecule has 0 heterocycles. The Kier molecular flexibility index (Phi) is 11.7. The first kappa shape index (κ1) is 21.1. The third-order valence-corrected chi connectivity index (χ3v) is 3.68. The number of hydrogen-bond acceptors (Lipinski definition) is 4. The van der Waals surface area contributed by atoms with Crippen molar-refractivity contribution in [2.45, 2.75) is 13.0 Å². The molecule has 0 N–H and O–H groups in total. The summed E-state index contributed by atoms with van der Waals surface area (Å²) in [7, 11) is 6.19. The smallest absolute Gasteiger partial charge is 0.104 e. The molecule has 1 aromatic carbocycles. The van der Waals surface area contributed by atoms with Gasteiger partial charge in [0, 0.05) is 19.1 Å². The van der Waals surface area contributed by atoms with Crippen LogP contribution in [0.4, 0.5) is 0 Å². The molecule has 0 aliphatic carbocycles. The Hall–Kier alpha value is -0.980. The average Bonchev–Trinajstić information content (AvgIpc) is 2.56. The van der Waals surface area contributed by atoms with E-state index in [0.29, 0.717) is 39.6 Å². The summed E-state index contributed by atoms with van der Waals surface area (Å²) in [6, 6.07) is 10.6. The minimum absolute atomic E-state index is 0.605. The van der Waals surface area contributed by atoms with E-state index in [2.05, 4.69) is 44.4 Å². The van der Waals surface area contributed by atoms with E-state index in [1.807, 2.05) is 0 Å². The Balaban J connectivity index is 1.92. The summed E-state index contributed by atoms with van der Waals surface area (Å²) >= 11 is 0. The lowest BCUT2D eigenvalue weighted by atomic mass is 10.2. The van der Waals surface area contributed by atoms with E-state index in [4.69, 9.17) is 18.9 Å². The van der Waals surface area contributed by atoms with Crippen LogP contribution in [0.5, 0.6) is 0 Å². The van der Waals surface area contributed by atoms with E-state index < -0.39 is 0 Å². The first-order chi connectivity index (χ1) is 11.6. The topological polar surface area (TPSA) is 36.9 Å². The molecule has 0 atom stereocenters. The fraction of sp³-hybridized carbons (Fsp3) is 0.684. The van der Waals surface area contributed by atoms with Crippen molar-refractivity contribution in [1.29, 1.82) is 0 Å². The molecule has 24 heavy (non-hydrogen) atoms. The molecule has 1 aromatic rings. The Labute approximate surface area is 147 Å². The molecule has 138 valence electrons. The molecule has 1 rings (SSSR count). The van der Waals surface area contributed by atoms with Crippen LogP contribution >= 0.6 is 0 Å². The monoisotopic (exact) mass is 340 g/mol. The lowest BCUT2D eigenvalue weighted by Gasteiger charge is -2.30. The van der Waals surface area contributed by atoms with Crippen LogP contribution in [-0.4, -0.2) is 78.5 Å². The molecule has 0 aliphatic rings. The molecule has 5 nitrogen and oxygen atoms in total. The number of quaternary nitrogens is 1. The van der Waals surface area contributed by atoms with E-state index in [0.717, 1.165) is 30.6 Å². The summed E-state index contributed by atoms with van der Waals surface area (Å²) in [5.74, 6) is 0. The van der Waals surface area contributed by atoms with E-state index in [9.17, 15) is 0 Å². The van der Waals surface area contributed by atoms with Crippen LogP contribution in [0.25, 0.3) is 0 Å². The molecular formula is C19H34NO4+. The van der Waals surface area contributed by atoms with Gasteiger partial charge in [0.05, 0.1) is 66.9 Å². The zero-order chi connectivity index (χ0) is 17.5. The molecule has 0 aromatic heterocycles. The maximum absolute atomic E-state index is 5.63. The highest BCUT2D eigenvalue weighted by molar-refractivity contribution is 5.13. The summed E-state index contributed by atoms with van der Waals surface area (Å²) in [4.78, 5) is 0. The van der Waals surface area contributed by atoms with Gasteiger partial charge in [-0.2, -0.15) is 0 Å². The van der Waals surface area contributed by atoms with Gasteiger partial charge in [-0.25, -0.2) is 0 Å². The zero-order valence-electron chi connectivity index (χ0n) is 15.5. The highest BCUT2D eigenvalue weighted by Crippen LogP contribution is 2.09. The number of methoxy groups -OCH3 is 1. The largest absolute Gasteiger partial charge is 0.382 e. The van der Waals surface area contributed by atoms with Gasteiger partial charge in [-0.05, 0) is 0 Å². The summed E-state index contributed by atoms with van der Waals surface area (Å²) in [6.45, 7) is 6.65. The molecule has 0 unspecified atom stereocenters. The molecule has 0 bridgehead atoms. The second-order valence-electron chi connectivity index (χ2n) is 6.49. The maximum Gasteiger partial charge on any atom is 0.104 e. The molecule has 0 radical (unpaired) electrons. The third kappa shape index (κ3) is 11.5. The summed E-state index contributed by atoms with van der Waals surface area (Å²) in [5, 5.41) is 0. The normalized spacial score (nSPS) is 11.8. The van der Waals surface area contributed by atoms with Crippen LogP contribution < -0.4 is 0 Å². The highest BCUT2D eigenvalue weighted by Gasteiger charge is 2.14. The zero-order valence-corrected chi connectivity index (χ0v) is 15.5. The SMILES string of the molecule is COCCOCCOCCOCCC[N+](C)(C)Cc1ccccc1. The van der Waals surface area contributed by atoms with E-state index in [-0.39, 0.29) is 0 Å². The maximum atomic E-state index is 5.63. The predicted octanol–water partition coefficient (Wildman–Crippen LogP) is 2.35. The number of hydrogen-bond donors (Lipinski definition) is 0. The number of rotatable bonds is 15. The molecular weight excluding hydrogens is 306 g/mol. The third-order valence-electron chi connectivity index (χ3n) is 3.68. The van der Waals surface area contributed by atoms with E-state index >= 15 is 0 Å². The molecule has 0 saturated carbocycles. The summed E-state index contributed by atoms with van der Waals surface area (Å²) < 4.78 is 22.3. The molecule has 0 spiro atoms. The lowest BCUT2D eigenvalue weighted by Crippen LogP contribution is -2.40. The quantitative estimate of drug-likeness (QED) is 0.363. The van der Waals surface area contributed by atoms with Gasteiger partial charge in [-0.1, -0.05) is 30.3 Å². The Morgan fingerprint density at radius 1 is 0.750 bits per heavy atom. The molecule has 0 amide bonds. The van der Waals surface area contributed by atoms with E-state index in [1.165, 1.54) is 5.56 Å². The van der Waals surface area contributed by atoms with Crippen molar-refractivity contribution in [3.8, 4) is 0 Å². The van der Waals surface area contributed by atoms with Gasteiger partial charge in [0.25, 0.3) is 0 Å². The van der Waals surface area contributed by atoms with E-state index in [1.54, 1.807) is 7.11 Å². The fourth-order valence-corrected chi connectivity index (χ4v) is 2.44. The van der Waals surface area contributed by atoms with Crippen LogP contribution in [0.2, 0.25) is 0 Å². The molecule has 0 fully saturated rings. The highest BCUT2D eigenvalue weighted by atomic mass is 16.6. The first-order valence-electron chi connectivity index (χ1n) is 8.72. The number of nitrogens with zero attached hydrogens (tertiary/aromatic N) is 1. The van der Waals surface area contributed by atoms with Crippen LogP contribution in [0.15, 0.2) is 30.3 Å². The van der Waals surface area contributed by atoms with Gasteiger partial charge >= 0.3 is 0 Å². The Morgan fingerprint density at radius 3 is 1.88 bits per heavy atom. The van der Waals surface area contributed by atoms with Gasteiger partial charge in [0.1, 0.15) is 6.54 Å². The second kappa shape index (κ2) is 13.3. The second-order valence-corrected chi connectivity index (χ2v) is 6.49. The van der Waals surface area contributed by atoms with Gasteiger partial charge in [-0.3, -0.25) is 0 Å².